The predicted molar refractivity (Wildman–Crippen MR) is 109 cm³/mol. The molecule has 0 radical (unpaired) electrons. The van der Waals surface area contributed by atoms with Gasteiger partial charge in [0.25, 0.3) is 0 Å². The highest BCUT2D eigenvalue weighted by Gasteiger charge is 2.62. The highest BCUT2D eigenvalue weighted by molar-refractivity contribution is 5.86. The van der Waals surface area contributed by atoms with Gasteiger partial charge in [-0.05, 0) is 41.7 Å². The van der Waals surface area contributed by atoms with Gasteiger partial charge in [-0.25, -0.2) is 4.79 Å². The molecule has 3 atom stereocenters. The number of carbonyl (C=O) groups is 2. The Kier molecular flexibility index (Phi) is 6.40. The summed E-state index contributed by atoms with van der Waals surface area (Å²) in [5.41, 5.74) is -0.156. The van der Waals surface area contributed by atoms with Gasteiger partial charge in [0.15, 0.2) is 0 Å². The molecule has 0 aliphatic heterocycles. The first-order chi connectivity index (χ1) is 14.8. The third-order valence-corrected chi connectivity index (χ3v) is 5.36. The van der Waals surface area contributed by atoms with E-state index in [-0.39, 0.29) is 0 Å². The highest BCUT2D eigenvalue weighted by atomic mass is 19.1. The molecule has 0 N–H and O–H groups in total. The number of para-hydroxylation sites is 1. The fourth-order valence-electron chi connectivity index (χ4n) is 3.49. The largest absolute Gasteiger partial charge is 0.464 e. The van der Waals surface area contributed by atoms with Gasteiger partial charge in [-0.2, -0.15) is 9.65 Å². The molecule has 1 unspecified atom stereocenters. The number of benzene rings is 2. The number of nitriles is 1. The van der Waals surface area contributed by atoms with E-state index in [1.807, 2.05) is 24.3 Å². The molecule has 0 saturated heterocycles. The quantitative estimate of drug-likeness (QED) is 0.466. The number of hydrogen-bond acceptors (Lipinski definition) is 6. The van der Waals surface area contributed by atoms with Crippen molar-refractivity contribution in [1.82, 2.24) is 0 Å². The van der Waals surface area contributed by atoms with Crippen LogP contribution in [-0.2, 0) is 19.1 Å². The molecule has 0 aromatic heterocycles. The highest BCUT2D eigenvalue weighted by Crippen LogP contribution is 2.60. The molecule has 31 heavy (non-hydrogen) atoms. The lowest BCUT2D eigenvalue weighted by atomic mass is 10.1. The maximum atomic E-state index is 13.9. The summed E-state index contributed by atoms with van der Waals surface area (Å²) >= 11 is 0. The molecule has 2 aromatic carbocycles. The van der Waals surface area contributed by atoms with Crippen LogP contribution in [0.1, 0.15) is 25.5 Å². The Morgan fingerprint density at radius 3 is 2.45 bits per heavy atom. The summed E-state index contributed by atoms with van der Waals surface area (Å²) in [5.74, 6) is -2.88. The van der Waals surface area contributed by atoms with Crippen molar-refractivity contribution >= 4 is 11.9 Å². The lowest BCUT2D eigenvalue weighted by Crippen LogP contribution is -2.14. The second-order valence-corrected chi connectivity index (χ2v) is 7.76. The normalized spacial score (nSPS) is 20.2. The van der Waals surface area contributed by atoms with Crippen molar-refractivity contribution in [2.75, 3.05) is 7.11 Å². The Labute approximate surface area is 179 Å². The van der Waals surface area contributed by atoms with Crippen LogP contribution in [0.3, 0.4) is 0 Å². The maximum absolute atomic E-state index is 13.9. The van der Waals surface area contributed by atoms with Crippen LogP contribution in [0.4, 0.5) is 4.39 Å². The van der Waals surface area contributed by atoms with E-state index in [0.717, 1.165) is 13.2 Å². The average molecular weight is 423 g/mol. The first-order valence-electron chi connectivity index (χ1n) is 9.66. The molecule has 160 valence electrons. The molecule has 1 aliphatic rings. The minimum absolute atomic E-state index is 0.454. The van der Waals surface area contributed by atoms with Crippen LogP contribution in [0.5, 0.6) is 11.5 Å². The Morgan fingerprint density at radius 1 is 1.13 bits per heavy atom. The molecule has 1 aliphatic carbocycles. The SMILES string of the molecule is COC(=O)C(F)=C[C@@H]1[C@@H](C(=O)OC(C#N)c2cccc(Oc3ccccc3)c2)C1(C)C. The van der Waals surface area contributed by atoms with Crippen LogP contribution in [0, 0.1) is 28.6 Å². The monoisotopic (exact) mass is 423 g/mol. The molecule has 6 nitrogen and oxygen atoms in total. The number of nitrogens with zero attached hydrogens (tertiary/aromatic N) is 1. The molecule has 2 aromatic rings. The molecular weight excluding hydrogens is 401 g/mol. The van der Waals surface area contributed by atoms with Crippen molar-refractivity contribution in [1.29, 1.82) is 5.26 Å². The van der Waals surface area contributed by atoms with Crippen molar-refractivity contribution in [3.05, 3.63) is 72.1 Å². The number of esters is 2. The van der Waals surface area contributed by atoms with E-state index in [0.29, 0.717) is 17.1 Å². The molecule has 0 spiro atoms. The molecule has 0 heterocycles. The molecule has 0 bridgehead atoms. The molecular formula is C24H22FNO5. The zero-order chi connectivity index (χ0) is 22.6. The van der Waals surface area contributed by atoms with Gasteiger partial charge >= 0.3 is 11.9 Å². The second kappa shape index (κ2) is 9.00. The molecule has 7 heteroatoms. The first kappa shape index (κ1) is 22.0. The van der Waals surface area contributed by atoms with E-state index in [2.05, 4.69) is 4.74 Å². The standard InChI is InChI=1S/C24H22FNO5/c1-24(2)18(13-19(25)22(27)29-3)21(24)23(28)31-20(14-26)15-8-7-11-17(12-15)30-16-9-5-4-6-10-16/h4-13,18,20-21H,1-3H3/t18-,20?,21+/m1/s1. The average Bonchev–Trinajstić information content (AvgIpc) is 3.31. The summed E-state index contributed by atoms with van der Waals surface area (Å²) in [7, 11) is 1.08. The topological polar surface area (TPSA) is 85.6 Å². The van der Waals surface area contributed by atoms with Crippen molar-refractivity contribution in [2.24, 2.45) is 17.3 Å². The van der Waals surface area contributed by atoms with E-state index in [1.165, 1.54) is 0 Å². The zero-order valence-electron chi connectivity index (χ0n) is 17.4. The van der Waals surface area contributed by atoms with Crippen LogP contribution < -0.4 is 4.74 Å². The molecule has 3 rings (SSSR count). The maximum Gasteiger partial charge on any atom is 0.366 e. The number of allylic oxidation sites excluding steroid dienone is 1. The third kappa shape index (κ3) is 4.92. The van der Waals surface area contributed by atoms with Gasteiger partial charge in [-0.15, -0.1) is 0 Å². The second-order valence-electron chi connectivity index (χ2n) is 7.76. The van der Waals surface area contributed by atoms with Crippen LogP contribution in [0.2, 0.25) is 0 Å². The Balaban J connectivity index is 1.71. The van der Waals surface area contributed by atoms with Crippen molar-refractivity contribution in [3.8, 4) is 17.6 Å². The zero-order valence-corrected chi connectivity index (χ0v) is 17.4. The van der Waals surface area contributed by atoms with E-state index in [4.69, 9.17) is 9.47 Å². The van der Waals surface area contributed by atoms with Gasteiger partial charge in [-0.3, -0.25) is 4.79 Å². The smallest absolute Gasteiger partial charge is 0.366 e. The van der Waals surface area contributed by atoms with Crippen LogP contribution in [0.25, 0.3) is 0 Å². The minimum atomic E-state index is -1.15. The molecule has 0 amide bonds. The Bertz CT molecular complexity index is 1040. The minimum Gasteiger partial charge on any atom is -0.464 e. The van der Waals surface area contributed by atoms with Crippen molar-refractivity contribution < 1.29 is 28.2 Å². The number of rotatable bonds is 7. The summed E-state index contributed by atoms with van der Waals surface area (Å²) < 4.78 is 29.4. The summed E-state index contributed by atoms with van der Waals surface area (Å²) in [6.07, 6.45) is -0.0775. The summed E-state index contributed by atoms with van der Waals surface area (Å²) in [6.45, 7) is 3.53. The van der Waals surface area contributed by atoms with Gasteiger partial charge in [-0.1, -0.05) is 44.2 Å². The lowest BCUT2D eigenvalue weighted by Gasteiger charge is -2.13. The fourth-order valence-corrected chi connectivity index (χ4v) is 3.49. The van der Waals surface area contributed by atoms with Gasteiger partial charge < -0.3 is 14.2 Å². The first-order valence-corrected chi connectivity index (χ1v) is 9.66. The third-order valence-electron chi connectivity index (χ3n) is 5.36. The van der Waals surface area contributed by atoms with Crippen molar-refractivity contribution in [2.45, 2.75) is 20.0 Å². The van der Waals surface area contributed by atoms with E-state index < -0.39 is 41.1 Å². The van der Waals surface area contributed by atoms with Gasteiger partial charge in [0.2, 0.25) is 11.9 Å². The number of hydrogen-bond donors (Lipinski definition) is 0. The van der Waals surface area contributed by atoms with Gasteiger partial charge in [0.1, 0.15) is 17.6 Å². The van der Waals surface area contributed by atoms with Crippen LogP contribution in [0.15, 0.2) is 66.5 Å². The van der Waals surface area contributed by atoms with E-state index >= 15 is 0 Å². The van der Waals surface area contributed by atoms with Gasteiger partial charge in [0.05, 0.1) is 13.0 Å². The Hall–Kier alpha value is -3.66. The van der Waals surface area contributed by atoms with Crippen molar-refractivity contribution in [3.63, 3.8) is 0 Å². The molecule has 1 fully saturated rings. The molecule has 1 saturated carbocycles. The summed E-state index contributed by atoms with van der Waals surface area (Å²) in [6, 6.07) is 17.8. The van der Waals surface area contributed by atoms with Gasteiger partial charge in [0, 0.05) is 5.56 Å². The van der Waals surface area contributed by atoms with E-state index in [9.17, 15) is 19.2 Å². The number of ether oxygens (including phenoxy) is 3. The number of carbonyl (C=O) groups excluding carboxylic acids is 2. The van der Waals surface area contributed by atoms with Crippen LogP contribution in [-0.4, -0.2) is 19.0 Å². The fraction of sp³-hybridized carbons (Fsp3) is 0.292. The summed E-state index contributed by atoms with van der Waals surface area (Å²) in [5, 5.41) is 9.56. The van der Waals surface area contributed by atoms with E-state index in [1.54, 1.807) is 50.2 Å². The van der Waals surface area contributed by atoms with Crippen LogP contribution >= 0.6 is 0 Å². The lowest BCUT2D eigenvalue weighted by molar-refractivity contribution is -0.149. The summed E-state index contributed by atoms with van der Waals surface area (Å²) in [4.78, 5) is 24.0. The predicted octanol–water partition coefficient (Wildman–Crippen LogP) is 4.89. The number of methoxy groups -OCH3 is 1. The number of halogens is 1. The Morgan fingerprint density at radius 2 is 1.81 bits per heavy atom.